The van der Waals surface area contributed by atoms with Crippen molar-refractivity contribution in [2.24, 2.45) is 0 Å². The van der Waals surface area contributed by atoms with Crippen molar-refractivity contribution in [3.05, 3.63) is 42.5 Å². The monoisotopic (exact) mass is 485 g/mol. The van der Waals surface area contributed by atoms with Crippen LogP contribution in [0.25, 0.3) is 0 Å². The van der Waals surface area contributed by atoms with Crippen LogP contribution in [0.5, 0.6) is 11.5 Å². The van der Waals surface area contributed by atoms with Crippen LogP contribution in [-0.2, 0) is 14.8 Å². The second-order valence-electron chi connectivity index (χ2n) is 9.04. The van der Waals surface area contributed by atoms with E-state index < -0.39 is 16.1 Å². The van der Waals surface area contributed by atoms with Gasteiger partial charge in [-0.05, 0) is 62.4 Å². The first-order valence-electron chi connectivity index (χ1n) is 12.1. The van der Waals surface area contributed by atoms with Gasteiger partial charge < -0.3 is 19.7 Å². The van der Waals surface area contributed by atoms with E-state index in [1.165, 1.54) is 6.42 Å². The maximum Gasteiger partial charge on any atom is 0.269 e. The highest BCUT2D eigenvalue weighted by Gasteiger charge is 2.30. The Labute approximate surface area is 200 Å². The Morgan fingerprint density at radius 3 is 2.29 bits per heavy atom. The standard InChI is InChI=1S/C25H31N3O5S/c29-25(24-18-32-22-9-3-4-10-23(22)33-24)26-20-17-19(34(30,31)28-15-7-2-8-16-28)11-12-21(20)27-13-5-1-6-14-27/h3-4,9-12,17,24H,1-2,5-8,13-16,18H2,(H,26,29)/t24-/m1/s1. The fraction of sp³-hybridized carbons (Fsp3) is 0.480. The molecule has 3 heterocycles. The molecule has 0 aromatic heterocycles. The highest BCUT2D eigenvalue weighted by atomic mass is 32.2. The van der Waals surface area contributed by atoms with E-state index in [0.29, 0.717) is 30.3 Å². The Morgan fingerprint density at radius 1 is 0.882 bits per heavy atom. The number of nitrogens with zero attached hydrogens (tertiary/aromatic N) is 2. The molecule has 5 rings (SSSR count). The number of benzene rings is 2. The second kappa shape index (κ2) is 9.84. The van der Waals surface area contributed by atoms with E-state index in [0.717, 1.165) is 50.9 Å². The smallest absolute Gasteiger partial charge is 0.269 e. The maximum absolute atomic E-state index is 13.3. The van der Waals surface area contributed by atoms with Gasteiger partial charge in [-0.15, -0.1) is 0 Å². The molecule has 2 saturated heterocycles. The van der Waals surface area contributed by atoms with Gasteiger partial charge in [-0.1, -0.05) is 18.6 Å². The molecule has 3 aliphatic heterocycles. The van der Waals surface area contributed by atoms with Crippen LogP contribution in [0.1, 0.15) is 38.5 Å². The van der Waals surface area contributed by atoms with Gasteiger partial charge in [0.1, 0.15) is 6.61 Å². The van der Waals surface area contributed by atoms with Gasteiger partial charge in [-0.2, -0.15) is 4.31 Å². The largest absolute Gasteiger partial charge is 0.485 e. The molecule has 1 N–H and O–H groups in total. The third-order valence-electron chi connectivity index (χ3n) is 6.68. The lowest BCUT2D eigenvalue weighted by Crippen LogP contribution is -2.41. The SMILES string of the molecule is O=C(Nc1cc(S(=O)(=O)N2CCCCC2)ccc1N1CCCCC1)[C@H]1COc2ccccc2O1. The number of hydrogen-bond donors (Lipinski definition) is 1. The second-order valence-corrected chi connectivity index (χ2v) is 11.0. The molecule has 0 radical (unpaired) electrons. The molecule has 0 bridgehead atoms. The van der Waals surface area contributed by atoms with Gasteiger partial charge in [0.15, 0.2) is 11.5 Å². The molecule has 0 spiro atoms. The summed E-state index contributed by atoms with van der Waals surface area (Å²) in [5, 5.41) is 2.96. The minimum atomic E-state index is -3.63. The van der Waals surface area contributed by atoms with Crippen molar-refractivity contribution in [3.63, 3.8) is 0 Å². The quantitative estimate of drug-likeness (QED) is 0.696. The molecule has 2 fully saturated rings. The number of sulfonamides is 1. The number of rotatable bonds is 5. The summed E-state index contributed by atoms with van der Waals surface area (Å²) in [6.07, 6.45) is 5.27. The van der Waals surface area contributed by atoms with Crippen LogP contribution in [-0.4, -0.2) is 57.5 Å². The lowest BCUT2D eigenvalue weighted by atomic mass is 10.1. The molecule has 3 aliphatic rings. The van der Waals surface area contributed by atoms with E-state index in [9.17, 15) is 13.2 Å². The summed E-state index contributed by atoms with van der Waals surface area (Å²) in [5.74, 6) is 0.766. The molecule has 9 heteroatoms. The Balaban J connectivity index is 1.42. The summed E-state index contributed by atoms with van der Waals surface area (Å²) < 4.78 is 39.7. The number of fused-ring (bicyclic) bond motifs is 1. The summed E-state index contributed by atoms with van der Waals surface area (Å²) in [4.78, 5) is 15.6. The van der Waals surface area contributed by atoms with Crippen LogP contribution in [0.4, 0.5) is 11.4 Å². The van der Waals surface area contributed by atoms with Crippen LogP contribution in [0.3, 0.4) is 0 Å². The third kappa shape index (κ3) is 4.72. The zero-order chi connectivity index (χ0) is 23.5. The lowest BCUT2D eigenvalue weighted by molar-refractivity contribution is -0.125. The lowest BCUT2D eigenvalue weighted by Gasteiger charge is -2.32. The van der Waals surface area contributed by atoms with Crippen LogP contribution in [0, 0.1) is 0 Å². The zero-order valence-corrected chi connectivity index (χ0v) is 20.1. The summed E-state index contributed by atoms with van der Waals surface area (Å²) in [6.45, 7) is 2.90. The number of anilines is 2. The summed E-state index contributed by atoms with van der Waals surface area (Å²) in [5.41, 5.74) is 1.33. The van der Waals surface area contributed by atoms with Crippen molar-refractivity contribution in [1.82, 2.24) is 4.31 Å². The normalized spacial score (nSPS) is 21.2. The molecule has 1 atom stereocenters. The molecule has 2 aromatic carbocycles. The minimum absolute atomic E-state index is 0.0909. The Bertz CT molecular complexity index is 1140. The molecular weight excluding hydrogens is 454 g/mol. The summed E-state index contributed by atoms with van der Waals surface area (Å²) >= 11 is 0. The summed E-state index contributed by atoms with van der Waals surface area (Å²) in [6, 6.07) is 12.3. The average molecular weight is 486 g/mol. The highest BCUT2D eigenvalue weighted by Crippen LogP contribution is 2.34. The fourth-order valence-electron chi connectivity index (χ4n) is 4.80. The molecule has 0 unspecified atom stereocenters. The van der Waals surface area contributed by atoms with E-state index in [1.807, 2.05) is 18.2 Å². The zero-order valence-electron chi connectivity index (χ0n) is 19.2. The molecule has 34 heavy (non-hydrogen) atoms. The number of ether oxygens (including phenoxy) is 2. The highest BCUT2D eigenvalue weighted by molar-refractivity contribution is 7.89. The molecule has 2 aromatic rings. The van der Waals surface area contributed by atoms with Crippen LogP contribution >= 0.6 is 0 Å². The Hall–Kier alpha value is -2.78. The van der Waals surface area contributed by atoms with E-state index in [4.69, 9.17) is 9.47 Å². The summed E-state index contributed by atoms with van der Waals surface area (Å²) in [7, 11) is -3.63. The predicted molar refractivity (Wildman–Crippen MR) is 130 cm³/mol. The van der Waals surface area contributed by atoms with Crippen molar-refractivity contribution in [1.29, 1.82) is 0 Å². The molecular formula is C25H31N3O5S. The number of para-hydroxylation sites is 2. The first-order valence-corrected chi connectivity index (χ1v) is 13.5. The van der Waals surface area contributed by atoms with Gasteiger partial charge in [-0.25, -0.2) is 8.42 Å². The van der Waals surface area contributed by atoms with Crippen LogP contribution in [0.2, 0.25) is 0 Å². The number of piperidine rings is 2. The van der Waals surface area contributed by atoms with E-state index >= 15 is 0 Å². The van der Waals surface area contributed by atoms with E-state index in [2.05, 4.69) is 10.2 Å². The fourth-order valence-corrected chi connectivity index (χ4v) is 6.35. The Kier molecular flexibility index (Phi) is 6.65. The minimum Gasteiger partial charge on any atom is -0.485 e. The van der Waals surface area contributed by atoms with Crippen LogP contribution < -0.4 is 19.7 Å². The van der Waals surface area contributed by atoms with Crippen molar-refractivity contribution >= 4 is 27.3 Å². The van der Waals surface area contributed by atoms with Gasteiger partial charge in [-0.3, -0.25) is 4.79 Å². The number of carbonyl (C=O) groups excluding carboxylic acids is 1. The van der Waals surface area contributed by atoms with E-state index in [1.54, 1.807) is 28.6 Å². The first-order chi connectivity index (χ1) is 16.5. The van der Waals surface area contributed by atoms with Crippen LogP contribution in [0.15, 0.2) is 47.4 Å². The van der Waals surface area contributed by atoms with Gasteiger partial charge in [0.25, 0.3) is 5.91 Å². The van der Waals surface area contributed by atoms with Gasteiger partial charge in [0.05, 0.1) is 16.3 Å². The van der Waals surface area contributed by atoms with Crippen molar-refractivity contribution in [2.45, 2.75) is 49.5 Å². The predicted octanol–water partition coefficient (Wildman–Crippen LogP) is 3.63. The number of amides is 1. The first kappa shape index (κ1) is 23.0. The number of carbonyl (C=O) groups is 1. The topological polar surface area (TPSA) is 88.2 Å². The van der Waals surface area contributed by atoms with Gasteiger partial charge >= 0.3 is 0 Å². The van der Waals surface area contributed by atoms with Crippen molar-refractivity contribution in [3.8, 4) is 11.5 Å². The third-order valence-corrected chi connectivity index (χ3v) is 8.57. The molecule has 8 nitrogen and oxygen atoms in total. The molecule has 182 valence electrons. The number of nitrogens with one attached hydrogen (secondary N) is 1. The van der Waals surface area contributed by atoms with Crippen molar-refractivity contribution < 1.29 is 22.7 Å². The molecule has 0 saturated carbocycles. The Morgan fingerprint density at radius 2 is 1.56 bits per heavy atom. The maximum atomic E-state index is 13.3. The van der Waals surface area contributed by atoms with Gasteiger partial charge in [0, 0.05) is 26.2 Å². The van der Waals surface area contributed by atoms with Gasteiger partial charge in [0.2, 0.25) is 16.1 Å². The number of hydrogen-bond acceptors (Lipinski definition) is 6. The van der Waals surface area contributed by atoms with E-state index in [-0.39, 0.29) is 17.4 Å². The molecule has 1 amide bonds. The average Bonchev–Trinajstić information content (AvgIpc) is 2.89. The van der Waals surface area contributed by atoms with Crippen molar-refractivity contribution in [2.75, 3.05) is 43.0 Å². The molecule has 0 aliphatic carbocycles.